The number of halogens is 2. The monoisotopic (exact) mass is 287 g/mol. The average Bonchev–Trinajstić information content (AvgIpc) is 2.32. The molecule has 1 aliphatic rings. The standard InChI is InChI=1S/C12H15Cl2N3O/c1-17-6-2-3-8(7-17)15-12(18)11-9(13)4-5-10(14)16-11/h4-5,8H,2-3,6-7H2,1H3,(H,15,18). The topological polar surface area (TPSA) is 45.2 Å². The fourth-order valence-electron chi connectivity index (χ4n) is 2.12. The number of piperidine rings is 1. The molecule has 0 spiro atoms. The van der Waals surface area contributed by atoms with Crippen molar-refractivity contribution in [3.8, 4) is 0 Å². The van der Waals surface area contributed by atoms with Crippen LogP contribution in [-0.4, -0.2) is 42.0 Å². The van der Waals surface area contributed by atoms with Crippen molar-refractivity contribution >= 4 is 29.1 Å². The molecule has 18 heavy (non-hydrogen) atoms. The van der Waals surface area contributed by atoms with Crippen LogP contribution in [0.4, 0.5) is 0 Å². The third kappa shape index (κ3) is 3.34. The zero-order valence-electron chi connectivity index (χ0n) is 10.1. The number of amides is 1. The molecule has 98 valence electrons. The number of nitrogens with one attached hydrogen (secondary N) is 1. The molecule has 4 nitrogen and oxygen atoms in total. The second-order valence-electron chi connectivity index (χ2n) is 4.54. The maximum absolute atomic E-state index is 12.1. The van der Waals surface area contributed by atoms with Crippen LogP contribution in [-0.2, 0) is 0 Å². The van der Waals surface area contributed by atoms with Gasteiger partial charge in [0.25, 0.3) is 5.91 Å². The quantitative estimate of drug-likeness (QED) is 0.849. The molecule has 1 amide bonds. The lowest BCUT2D eigenvalue weighted by Crippen LogP contribution is -2.46. The number of likely N-dealkylation sites (tertiary alicyclic amines) is 1. The highest BCUT2D eigenvalue weighted by Crippen LogP contribution is 2.17. The van der Waals surface area contributed by atoms with Crippen LogP contribution >= 0.6 is 23.2 Å². The van der Waals surface area contributed by atoms with Crippen LogP contribution in [0.25, 0.3) is 0 Å². The molecule has 1 fully saturated rings. The van der Waals surface area contributed by atoms with E-state index in [2.05, 4.69) is 15.2 Å². The third-order valence-electron chi connectivity index (χ3n) is 2.99. The first-order valence-electron chi connectivity index (χ1n) is 5.87. The van der Waals surface area contributed by atoms with Crippen molar-refractivity contribution in [1.29, 1.82) is 0 Å². The first-order valence-corrected chi connectivity index (χ1v) is 6.63. The van der Waals surface area contributed by atoms with Crippen molar-refractivity contribution in [2.75, 3.05) is 20.1 Å². The molecular weight excluding hydrogens is 273 g/mol. The van der Waals surface area contributed by atoms with Crippen molar-refractivity contribution in [3.05, 3.63) is 28.0 Å². The Morgan fingerprint density at radius 3 is 3.00 bits per heavy atom. The number of nitrogens with zero attached hydrogens (tertiary/aromatic N) is 2. The Morgan fingerprint density at radius 1 is 1.50 bits per heavy atom. The van der Waals surface area contributed by atoms with Crippen LogP contribution in [0.1, 0.15) is 23.3 Å². The Morgan fingerprint density at radius 2 is 2.28 bits per heavy atom. The predicted molar refractivity (Wildman–Crippen MR) is 72.2 cm³/mol. The average molecular weight is 288 g/mol. The highest BCUT2D eigenvalue weighted by molar-refractivity contribution is 6.34. The Labute approximate surface area is 116 Å². The van der Waals surface area contributed by atoms with Crippen molar-refractivity contribution in [2.45, 2.75) is 18.9 Å². The summed E-state index contributed by atoms with van der Waals surface area (Å²) in [6, 6.07) is 3.29. The zero-order chi connectivity index (χ0) is 13.1. The fourth-order valence-corrected chi connectivity index (χ4v) is 2.45. The van der Waals surface area contributed by atoms with Crippen molar-refractivity contribution in [1.82, 2.24) is 15.2 Å². The van der Waals surface area contributed by atoms with Crippen LogP contribution in [0.2, 0.25) is 10.2 Å². The van der Waals surface area contributed by atoms with Gasteiger partial charge in [0.05, 0.1) is 5.02 Å². The second-order valence-corrected chi connectivity index (χ2v) is 5.33. The summed E-state index contributed by atoms with van der Waals surface area (Å²) in [5.74, 6) is -0.261. The first-order chi connectivity index (χ1) is 8.56. The summed E-state index contributed by atoms with van der Waals surface area (Å²) in [7, 11) is 2.04. The number of pyridine rings is 1. The molecule has 6 heteroatoms. The van der Waals surface area contributed by atoms with Crippen LogP contribution < -0.4 is 5.32 Å². The maximum Gasteiger partial charge on any atom is 0.271 e. The molecule has 1 aromatic rings. The van der Waals surface area contributed by atoms with Gasteiger partial charge in [-0.05, 0) is 38.6 Å². The number of carbonyl (C=O) groups is 1. The molecule has 1 unspecified atom stereocenters. The second kappa shape index (κ2) is 5.87. The van der Waals surface area contributed by atoms with E-state index in [1.165, 1.54) is 0 Å². The van der Waals surface area contributed by atoms with Gasteiger partial charge < -0.3 is 10.2 Å². The highest BCUT2D eigenvalue weighted by atomic mass is 35.5. The molecular formula is C12H15Cl2N3O. The van der Waals surface area contributed by atoms with E-state index in [9.17, 15) is 4.79 Å². The van der Waals surface area contributed by atoms with Gasteiger partial charge in [-0.25, -0.2) is 4.98 Å². The number of hydrogen-bond donors (Lipinski definition) is 1. The molecule has 0 saturated carbocycles. The summed E-state index contributed by atoms with van der Waals surface area (Å²) >= 11 is 11.7. The molecule has 1 aromatic heterocycles. The normalized spacial score (nSPS) is 20.7. The number of hydrogen-bond acceptors (Lipinski definition) is 3. The Hall–Kier alpha value is -0.840. The molecule has 0 bridgehead atoms. The van der Waals surface area contributed by atoms with E-state index in [0.717, 1.165) is 25.9 Å². The van der Waals surface area contributed by atoms with E-state index < -0.39 is 0 Å². The molecule has 2 heterocycles. The summed E-state index contributed by atoms with van der Waals surface area (Å²) < 4.78 is 0. The lowest BCUT2D eigenvalue weighted by atomic mass is 10.1. The highest BCUT2D eigenvalue weighted by Gasteiger charge is 2.21. The third-order valence-corrected chi connectivity index (χ3v) is 3.50. The Kier molecular flexibility index (Phi) is 4.43. The van der Waals surface area contributed by atoms with Gasteiger partial charge in [-0.3, -0.25) is 4.79 Å². The molecule has 1 atom stereocenters. The lowest BCUT2D eigenvalue weighted by Gasteiger charge is -2.30. The molecule has 1 N–H and O–H groups in total. The largest absolute Gasteiger partial charge is 0.347 e. The van der Waals surface area contributed by atoms with Crippen LogP contribution in [0.5, 0.6) is 0 Å². The van der Waals surface area contributed by atoms with Gasteiger partial charge in [-0.1, -0.05) is 23.2 Å². The van der Waals surface area contributed by atoms with Gasteiger partial charge >= 0.3 is 0 Å². The number of rotatable bonds is 2. The smallest absolute Gasteiger partial charge is 0.271 e. The predicted octanol–water partition coefficient (Wildman–Crippen LogP) is 2.21. The summed E-state index contributed by atoms with van der Waals surface area (Å²) in [6.07, 6.45) is 2.06. The van der Waals surface area contributed by atoms with Crippen molar-refractivity contribution in [3.63, 3.8) is 0 Å². The van der Waals surface area contributed by atoms with E-state index in [0.29, 0.717) is 5.02 Å². The van der Waals surface area contributed by atoms with E-state index >= 15 is 0 Å². The number of carbonyl (C=O) groups excluding carboxylic acids is 1. The molecule has 0 aliphatic carbocycles. The van der Waals surface area contributed by atoms with Gasteiger partial charge in [0, 0.05) is 12.6 Å². The Balaban J connectivity index is 2.05. The minimum atomic E-state index is -0.261. The minimum Gasteiger partial charge on any atom is -0.347 e. The van der Waals surface area contributed by atoms with Gasteiger partial charge in [-0.15, -0.1) is 0 Å². The van der Waals surface area contributed by atoms with Crippen LogP contribution in [0.15, 0.2) is 12.1 Å². The molecule has 0 aromatic carbocycles. The van der Waals surface area contributed by atoms with E-state index in [1.807, 2.05) is 7.05 Å². The van der Waals surface area contributed by atoms with Crippen LogP contribution in [0.3, 0.4) is 0 Å². The van der Waals surface area contributed by atoms with Crippen molar-refractivity contribution < 1.29 is 4.79 Å². The lowest BCUT2D eigenvalue weighted by molar-refractivity contribution is 0.0907. The van der Waals surface area contributed by atoms with Gasteiger partial charge in [0.15, 0.2) is 0 Å². The molecule has 2 rings (SSSR count). The fraction of sp³-hybridized carbons (Fsp3) is 0.500. The molecule has 1 aliphatic heterocycles. The molecule has 0 radical (unpaired) electrons. The van der Waals surface area contributed by atoms with Crippen molar-refractivity contribution in [2.24, 2.45) is 0 Å². The molecule has 1 saturated heterocycles. The summed E-state index contributed by atoms with van der Waals surface area (Å²) in [6.45, 7) is 1.92. The van der Waals surface area contributed by atoms with E-state index in [1.54, 1.807) is 12.1 Å². The minimum absolute atomic E-state index is 0.146. The van der Waals surface area contributed by atoms with Gasteiger partial charge in [0.2, 0.25) is 0 Å². The van der Waals surface area contributed by atoms with Crippen LogP contribution in [0, 0.1) is 0 Å². The zero-order valence-corrected chi connectivity index (χ0v) is 11.6. The first kappa shape index (κ1) is 13.6. The Bertz CT molecular complexity index is 453. The number of likely N-dealkylation sites (N-methyl/N-ethyl adjacent to an activating group) is 1. The van der Waals surface area contributed by atoms with Gasteiger partial charge in [-0.2, -0.15) is 0 Å². The summed E-state index contributed by atoms with van der Waals surface area (Å²) in [5, 5.41) is 3.54. The summed E-state index contributed by atoms with van der Waals surface area (Å²) in [5.41, 5.74) is 0.192. The summed E-state index contributed by atoms with van der Waals surface area (Å²) in [4.78, 5) is 18.2. The van der Waals surface area contributed by atoms with Gasteiger partial charge in [0.1, 0.15) is 10.8 Å². The number of aromatic nitrogens is 1. The van der Waals surface area contributed by atoms with E-state index in [4.69, 9.17) is 23.2 Å². The SMILES string of the molecule is CN1CCCC(NC(=O)c2nc(Cl)ccc2Cl)C1. The van der Waals surface area contributed by atoms with E-state index in [-0.39, 0.29) is 22.8 Å². The maximum atomic E-state index is 12.1.